The van der Waals surface area contributed by atoms with Crippen LogP contribution in [0.25, 0.3) is 0 Å². The van der Waals surface area contributed by atoms with Crippen LogP contribution in [0.2, 0.25) is 0 Å². The highest BCUT2D eigenvalue weighted by Gasteiger charge is 2.33. The molecule has 3 aromatic carbocycles. The summed E-state index contributed by atoms with van der Waals surface area (Å²) in [4.78, 5) is 0. The van der Waals surface area contributed by atoms with Gasteiger partial charge in [0, 0.05) is 10.6 Å². The van der Waals surface area contributed by atoms with Crippen LogP contribution in [0.1, 0.15) is 13.8 Å². The molecule has 0 amide bonds. The van der Waals surface area contributed by atoms with Gasteiger partial charge in [0.15, 0.2) is 13.5 Å². The van der Waals surface area contributed by atoms with Crippen molar-refractivity contribution in [3.8, 4) is 5.75 Å². The highest BCUT2D eigenvalue weighted by Crippen LogP contribution is 2.49. The van der Waals surface area contributed by atoms with Crippen LogP contribution in [0, 0.1) is 0 Å². The van der Waals surface area contributed by atoms with Crippen LogP contribution in [-0.4, -0.2) is 19.6 Å². The Hall–Kier alpha value is -2.16. The van der Waals surface area contributed by atoms with Crippen LogP contribution in [-0.2, 0) is 18.2 Å². The number of hydrogen-bond acceptors (Lipinski definition) is 5. The Balaban J connectivity index is 2.07. The third-order valence-corrected chi connectivity index (χ3v) is 9.32. The quantitative estimate of drug-likeness (QED) is 0.415. The van der Waals surface area contributed by atoms with Gasteiger partial charge in [-0.15, -0.1) is 0 Å². The van der Waals surface area contributed by atoms with Gasteiger partial charge in [-0.05, 0) is 26.0 Å². The fourth-order valence-corrected chi connectivity index (χ4v) is 7.29. The van der Waals surface area contributed by atoms with Gasteiger partial charge in [0.25, 0.3) is 0 Å². The van der Waals surface area contributed by atoms with E-state index in [1.54, 1.807) is 32.0 Å². The molecule has 158 valence electrons. The van der Waals surface area contributed by atoms with E-state index in [2.05, 4.69) is 0 Å². The van der Waals surface area contributed by atoms with Gasteiger partial charge in [0.1, 0.15) is 5.75 Å². The van der Waals surface area contributed by atoms with Crippen molar-refractivity contribution in [3.05, 3.63) is 84.9 Å². The molecule has 7 heteroatoms. The highest BCUT2D eigenvalue weighted by molar-refractivity contribution is 7.85. The zero-order chi connectivity index (χ0) is 21.5. The summed E-state index contributed by atoms with van der Waals surface area (Å²) in [5, 5.41) is 1.94. The van der Waals surface area contributed by atoms with E-state index in [1.165, 1.54) is 0 Å². The second-order valence-corrected chi connectivity index (χ2v) is 11.2. The average Bonchev–Trinajstić information content (AvgIpc) is 2.79. The van der Waals surface area contributed by atoms with Gasteiger partial charge in [-0.25, -0.2) is 0 Å². The number of benzene rings is 3. The van der Waals surface area contributed by atoms with E-state index < -0.39 is 14.7 Å². The van der Waals surface area contributed by atoms with Crippen molar-refractivity contribution in [1.29, 1.82) is 0 Å². The summed E-state index contributed by atoms with van der Waals surface area (Å²) in [6.07, 6.45) is -0.255. The van der Waals surface area contributed by atoms with E-state index in [4.69, 9.17) is 13.8 Å². The summed E-state index contributed by atoms with van der Waals surface area (Å²) < 4.78 is 44.0. The molecule has 0 saturated carbocycles. The van der Waals surface area contributed by atoms with Gasteiger partial charge in [-0.1, -0.05) is 72.8 Å². The van der Waals surface area contributed by atoms with E-state index in [1.807, 2.05) is 66.7 Å². The molecule has 3 aromatic rings. The molecule has 0 radical (unpaired) electrons. The summed E-state index contributed by atoms with van der Waals surface area (Å²) >= 11 is 0. The van der Waals surface area contributed by atoms with Crippen molar-refractivity contribution in [2.75, 3.05) is 19.6 Å². The topological polar surface area (TPSA) is 61.8 Å². The SMILES string of the molecule is CCOP(=O)(COc1ccccc1P(=O)(c1ccccc1)c1ccccc1)OCC. The van der Waals surface area contributed by atoms with Gasteiger partial charge < -0.3 is 18.3 Å². The third-order valence-electron chi connectivity index (χ3n) is 4.47. The zero-order valence-electron chi connectivity index (χ0n) is 17.1. The Morgan fingerprint density at radius 2 is 1.13 bits per heavy atom. The molecule has 0 aromatic heterocycles. The van der Waals surface area contributed by atoms with Gasteiger partial charge in [0.05, 0.1) is 18.5 Å². The first-order valence-electron chi connectivity index (χ1n) is 9.85. The normalized spacial score (nSPS) is 11.9. The van der Waals surface area contributed by atoms with Crippen molar-refractivity contribution in [2.24, 2.45) is 0 Å². The second kappa shape index (κ2) is 10.2. The van der Waals surface area contributed by atoms with Crippen LogP contribution in [0.5, 0.6) is 5.75 Å². The van der Waals surface area contributed by atoms with Crippen LogP contribution in [0.4, 0.5) is 0 Å². The molecule has 5 nitrogen and oxygen atoms in total. The molecule has 30 heavy (non-hydrogen) atoms. The molecule has 0 unspecified atom stereocenters. The predicted molar refractivity (Wildman–Crippen MR) is 122 cm³/mol. The maximum Gasteiger partial charge on any atom is 0.367 e. The van der Waals surface area contributed by atoms with E-state index in [0.717, 1.165) is 0 Å². The van der Waals surface area contributed by atoms with E-state index in [9.17, 15) is 9.13 Å². The first-order valence-corrected chi connectivity index (χ1v) is 13.3. The standard InChI is InChI=1S/C23H26O5P2/c1-3-27-29(24,28-4-2)19-26-22-17-11-12-18-23(22)30(25,20-13-7-5-8-14-20)21-15-9-6-10-16-21/h5-18H,3-4,19H2,1-2H3. The van der Waals surface area contributed by atoms with Crippen molar-refractivity contribution in [2.45, 2.75) is 13.8 Å². The van der Waals surface area contributed by atoms with Crippen LogP contribution in [0.15, 0.2) is 84.9 Å². The monoisotopic (exact) mass is 444 g/mol. The maximum atomic E-state index is 14.6. The molecule has 0 fully saturated rings. The number of para-hydroxylation sites is 1. The minimum absolute atomic E-state index is 0.245. The Kier molecular flexibility index (Phi) is 7.69. The average molecular weight is 444 g/mol. The molecule has 0 aliphatic heterocycles. The van der Waals surface area contributed by atoms with Gasteiger partial charge in [0.2, 0.25) is 0 Å². The predicted octanol–water partition coefficient (Wildman–Crippen LogP) is 4.93. The van der Waals surface area contributed by atoms with Crippen molar-refractivity contribution < 1.29 is 22.9 Å². The van der Waals surface area contributed by atoms with Crippen molar-refractivity contribution >= 4 is 30.7 Å². The fraction of sp³-hybridized carbons (Fsp3) is 0.217. The number of rotatable bonds is 10. The van der Waals surface area contributed by atoms with E-state index in [-0.39, 0.29) is 19.6 Å². The molecular formula is C23H26O5P2. The van der Waals surface area contributed by atoms with Gasteiger partial charge >= 0.3 is 7.60 Å². The largest absolute Gasteiger partial charge is 0.480 e. The molecule has 3 rings (SSSR count). The molecule has 0 saturated heterocycles. The lowest BCUT2D eigenvalue weighted by molar-refractivity contribution is 0.197. The molecule has 0 atom stereocenters. The molecular weight excluding hydrogens is 418 g/mol. The Morgan fingerprint density at radius 1 is 0.667 bits per heavy atom. The summed E-state index contributed by atoms with van der Waals surface area (Å²) in [7, 11) is -6.64. The third kappa shape index (κ3) is 4.94. The highest BCUT2D eigenvalue weighted by atomic mass is 31.2. The molecule has 0 bridgehead atoms. The lowest BCUT2D eigenvalue weighted by Crippen LogP contribution is -2.26. The first-order chi connectivity index (χ1) is 14.5. The minimum Gasteiger partial charge on any atom is -0.480 e. The fourth-order valence-electron chi connectivity index (χ4n) is 3.20. The van der Waals surface area contributed by atoms with E-state index in [0.29, 0.717) is 21.7 Å². The van der Waals surface area contributed by atoms with E-state index >= 15 is 0 Å². The maximum absolute atomic E-state index is 14.6. The first kappa shape index (κ1) is 22.5. The van der Waals surface area contributed by atoms with Crippen LogP contribution in [0.3, 0.4) is 0 Å². The number of ether oxygens (including phenoxy) is 1. The zero-order valence-corrected chi connectivity index (χ0v) is 18.9. The molecule has 0 aliphatic rings. The molecule has 0 heterocycles. The lowest BCUT2D eigenvalue weighted by Gasteiger charge is -2.23. The Bertz CT molecular complexity index is 984. The Morgan fingerprint density at radius 3 is 1.63 bits per heavy atom. The van der Waals surface area contributed by atoms with Gasteiger partial charge in [-0.2, -0.15) is 0 Å². The molecule has 0 spiro atoms. The summed E-state index contributed by atoms with van der Waals surface area (Å²) in [6.45, 7) is 3.99. The van der Waals surface area contributed by atoms with Crippen LogP contribution < -0.4 is 20.7 Å². The van der Waals surface area contributed by atoms with Crippen LogP contribution >= 0.6 is 14.7 Å². The van der Waals surface area contributed by atoms with Crippen molar-refractivity contribution in [3.63, 3.8) is 0 Å². The number of hydrogen-bond donors (Lipinski definition) is 0. The Labute approximate surface area is 177 Å². The molecule has 0 aliphatic carbocycles. The smallest absolute Gasteiger partial charge is 0.367 e. The summed E-state index contributed by atoms with van der Waals surface area (Å²) in [5.74, 6) is 0.396. The van der Waals surface area contributed by atoms with Gasteiger partial charge in [-0.3, -0.25) is 4.57 Å². The summed E-state index contributed by atoms with van der Waals surface area (Å²) in [6, 6.07) is 25.8. The lowest BCUT2D eigenvalue weighted by atomic mass is 10.3. The molecule has 0 N–H and O–H groups in total. The minimum atomic E-state index is -3.41. The summed E-state index contributed by atoms with van der Waals surface area (Å²) in [5.41, 5.74) is 0. The van der Waals surface area contributed by atoms with Crippen molar-refractivity contribution in [1.82, 2.24) is 0 Å². The second-order valence-electron chi connectivity index (χ2n) is 6.47.